The first-order valence-electron chi connectivity index (χ1n) is 8.67. The standard InChI is InChI=1S/C21H18N4O2/c26-20-11-10-19(24-25-20)21(27)23-12-16(14-6-2-1-3-7-14)17-13-22-18-9-5-4-8-15(17)18/h1-11,13,16,22H,12H2,(H,23,27)(H,25,26)/t16-/m0/s1. The van der Waals surface area contributed by atoms with Gasteiger partial charge in [-0.15, -0.1) is 0 Å². The third-order valence-corrected chi connectivity index (χ3v) is 4.58. The van der Waals surface area contributed by atoms with Crippen LogP contribution in [0.1, 0.15) is 27.5 Å². The SMILES string of the molecule is O=C(NC[C@@H](c1ccccc1)c1c[nH]c2ccccc12)c1ccc(=O)[nH]n1. The highest BCUT2D eigenvalue weighted by molar-refractivity contribution is 5.92. The van der Waals surface area contributed by atoms with Crippen LogP contribution in [0.5, 0.6) is 0 Å². The van der Waals surface area contributed by atoms with Crippen molar-refractivity contribution in [3.8, 4) is 0 Å². The maximum absolute atomic E-state index is 12.4. The Morgan fingerprint density at radius 2 is 1.78 bits per heavy atom. The lowest BCUT2D eigenvalue weighted by Gasteiger charge is -2.18. The van der Waals surface area contributed by atoms with Gasteiger partial charge in [0.15, 0.2) is 0 Å². The molecule has 0 fully saturated rings. The van der Waals surface area contributed by atoms with Crippen LogP contribution >= 0.6 is 0 Å². The number of aromatic amines is 2. The fourth-order valence-electron chi connectivity index (χ4n) is 3.23. The third kappa shape index (κ3) is 3.50. The van der Waals surface area contributed by atoms with Crippen molar-refractivity contribution in [2.24, 2.45) is 0 Å². The molecule has 6 nitrogen and oxygen atoms in total. The summed E-state index contributed by atoms with van der Waals surface area (Å²) in [4.78, 5) is 26.8. The van der Waals surface area contributed by atoms with E-state index in [2.05, 4.69) is 38.7 Å². The van der Waals surface area contributed by atoms with E-state index in [1.165, 1.54) is 12.1 Å². The highest BCUT2D eigenvalue weighted by atomic mass is 16.2. The molecule has 0 spiro atoms. The molecule has 1 amide bonds. The number of para-hydroxylation sites is 1. The Kier molecular flexibility index (Phi) is 4.53. The number of carbonyl (C=O) groups excluding carboxylic acids is 1. The monoisotopic (exact) mass is 358 g/mol. The van der Waals surface area contributed by atoms with Crippen LogP contribution in [-0.2, 0) is 0 Å². The van der Waals surface area contributed by atoms with Gasteiger partial charge in [0.2, 0.25) is 0 Å². The number of benzene rings is 2. The lowest BCUT2D eigenvalue weighted by Crippen LogP contribution is -2.30. The predicted octanol–water partition coefficient (Wildman–Crippen LogP) is 2.81. The molecule has 4 rings (SSSR count). The van der Waals surface area contributed by atoms with Crippen molar-refractivity contribution in [2.45, 2.75) is 5.92 Å². The van der Waals surface area contributed by atoms with Gasteiger partial charge in [-0.25, -0.2) is 5.10 Å². The van der Waals surface area contributed by atoms with E-state index in [0.29, 0.717) is 6.54 Å². The highest BCUT2D eigenvalue weighted by Gasteiger charge is 2.19. The van der Waals surface area contributed by atoms with Gasteiger partial charge in [-0.2, -0.15) is 5.10 Å². The lowest BCUT2D eigenvalue weighted by atomic mass is 9.91. The van der Waals surface area contributed by atoms with Crippen LogP contribution in [-0.4, -0.2) is 27.6 Å². The smallest absolute Gasteiger partial charge is 0.271 e. The van der Waals surface area contributed by atoms with Gasteiger partial charge in [0.25, 0.3) is 11.5 Å². The molecule has 0 bridgehead atoms. The molecule has 0 aliphatic rings. The summed E-state index contributed by atoms with van der Waals surface area (Å²) < 4.78 is 0. The summed E-state index contributed by atoms with van der Waals surface area (Å²) in [5, 5.41) is 10.1. The average Bonchev–Trinajstić information content (AvgIpc) is 3.13. The summed E-state index contributed by atoms with van der Waals surface area (Å²) in [6.45, 7) is 0.408. The third-order valence-electron chi connectivity index (χ3n) is 4.58. The molecule has 2 heterocycles. The van der Waals surface area contributed by atoms with Gasteiger partial charge in [-0.1, -0.05) is 48.5 Å². The Morgan fingerprint density at radius 1 is 1.00 bits per heavy atom. The van der Waals surface area contributed by atoms with E-state index in [9.17, 15) is 9.59 Å². The minimum atomic E-state index is -0.340. The molecule has 134 valence electrons. The van der Waals surface area contributed by atoms with E-state index in [1.54, 1.807) is 0 Å². The molecule has 0 saturated heterocycles. The first kappa shape index (κ1) is 16.8. The molecule has 1 atom stereocenters. The van der Waals surface area contributed by atoms with Crippen molar-refractivity contribution in [1.29, 1.82) is 0 Å². The van der Waals surface area contributed by atoms with Crippen molar-refractivity contribution in [2.75, 3.05) is 6.54 Å². The van der Waals surface area contributed by atoms with Gasteiger partial charge >= 0.3 is 0 Å². The second-order valence-electron chi connectivity index (χ2n) is 6.27. The van der Waals surface area contributed by atoms with Crippen molar-refractivity contribution < 1.29 is 4.79 Å². The molecular formula is C21H18N4O2. The number of rotatable bonds is 5. The average molecular weight is 358 g/mol. The minimum Gasteiger partial charge on any atom is -0.361 e. The van der Waals surface area contributed by atoms with Crippen LogP contribution in [0.15, 0.2) is 77.7 Å². The normalized spacial score (nSPS) is 12.0. The molecule has 27 heavy (non-hydrogen) atoms. The molecule has 2 aromatic carbocycles. The molecule has 0 radical (unpaired) electrons. The second kappa shape index (κ2) is 7.29. The highest BCUT2D eigenvalue weighted by Crippen LogP contribution is 2.30. The summed E-state index contributed by atoms with van der Waals surface area (Å²) in [5.41, 5.74) is 3.12. The van der Waals surface area contributed by atoms with Gasteiger partial charge in [0, 0.05) is 35.6 Å². The largest absolute Gasteiger partial charge is 0.361 e. The first-order chi connectivity index (χ1) is 13.2. The molecule has 4 aromatic rings. The van der Waals surface area contributed by atoms with Gasteiger partial charge in [0.1, 0.15) is 5.69 Å². The van der Waals surface area contributed by atoms with E-state index < -0.39 is 0 Å². The summed E-state index contributed by atoms with van der Waals surface area (Å²) in [6, 6.07) is 20.9. The zero-order chi connectivity index (χ0) is 18.6. The Bertz CT molecular complexity index is 1110. The van der Waals surface area contributed by atoms with E-state index in [1.807, 2.05) is 42.6 Å². The molecule has 3 N–H and O–H groups in total. The van der Waals surface area contributed by atoms with Gasteiger partial charge in [0.05, 0.1) is 0 Å². The number of amides is 1. The number of aromatic nitrogens is 3. The fraction of sp³-hybridized carbons (Fsp3) is 0.0952. The summed E-state index contributed by atoms with van der Waals surface area (Å²) in [6.07, 6.45) is 1.99. The Labute approximate surface area is 155 Å². The van der Waals surface area contributed by atoms with Crippen LogP contribution in [0, 0.1) is 0 Å². The maximum atomic E-state index is 12.4. The number of carbonyl (C=O) groups is 1. The van der Waals surface area contributed by atoms with Crippen LogP contribution < -0.4 is 10.9 Å². The maximum Gasteiger partial charge on any atom is 0.271 e. The number of H-pyrrole nitrogens is 2. The molecule has 0 aliphatic heterocycles. The molecule has 0 unspecified atom stereocenters. The summed E-state index contributed by atoms with van der Waals surface area (Å²) in [7, 11) is 0. The number of fused-ring (bicyclic) bond motifs is 1. The van der Waals surface area contributed by atoms with Crippen molar-refractivity contribution in [3.63, 3.8) is 0 Å². The molecule has 2 aromatic heterocycles. The number of nitrogens with zero attached hydrogens (tertiary/aromatic N) is 1. The van der Waals surface area contributed by atoms with Crippen LogP contribution in [0.3, 0.4) is 0 Å². The fourth-order valence-corrected chi connectivity index (χ4v) is 3.23. The van der Waals surface area contributed by atoms with E-state index in [-0.39, 0.29) is 23.1 Å². The molecule has 0 saturated carbocycles. The Morgan fingerprint density at radius 3 is 2.56 bits per heavy atom. The van der Waals surface area contributed by atoms with Crippen molar-refractivity contribution >= 4 is 16.8 Å². The minimum absolute atomic E-state index is 0.0194. The second-order valence-corrected chi connectivity index (χ2v) is 6.27. The van der Waals surface area contributed by atoms with E-state index >= 15 is 0 Å². The topological polar surface area (TPSA) is 90.6 Å². The first-order valence-corrected chi connectivity index (χ1v) is 8.67. The van der Waals surface area contributed by atoms with Crippen LogP contribution in [0.2, 0.25) is 0 Å². The molecular weight excluding hydrogens is 340 g/mol. The van der Waals surface area contributed by atoms with Crippen molar-refractivity contribution in [3.05, 3.63) is 100 Å². The quantitative estimate of drug-likeness (QED) is 0.512. The summed E-state index contributed by atoms with van der Waals surface area (Å²) >= 11 is 0. The molecule has 6 heteroatoms. The van der Waals surface area contributed by atoms with E-state index in [0.717, 1.165) is 22.0 Å². The zero-order valence-electron chi connectivity index (χ0n) is 14.5. The van der Waals surface area contributed by atoms with Crippen LogP contribution in [0.25, 0.3) is 10.9 Å². The predicted molar refractivity (Wildman–Crippen MR) is 104 cm³/mol. The molecule has 0 aliphatic carbocycles. The van der Waals surface area contributed by atoms with Gasteiger partial charge in [-0.3, -0.25) is 9.59 Å². The summed E-state index contributed by atoms with van der Waals surface area (Å²) in [5.74, 6) is -0.346. The van der Waals surface area contributed by atoms with Gasteiger partial charge < -0.3 is 10.3 Å². The zero-order valence-corrected chi connectivity index (χ0v) is 14.5. The number of hydrogen-bond donors (Lipinski definition) is 3. The van der Waals surface area contributed by atoms with Crippen molar-refractivity contribution in [1.82, 2.24) is 20.5 Å². The van der Waals surface area contributed by atoms with Gasteiger partial charge in [-0.05, 0) is 23.3 Å². The lowest BCUT2D eigenvalue weighted by molar-refractivity contribution is 0.0946. The Hall–Kier alpha value is -3.67. The Balaban J connectivity index is 1.64. The number of hydrogen-bond acceptors (Lipinski definition) is 3. The number of nitrogens with one attached hydrogen (secondary N) is 3. The van der Waals surface area contributed by atoms with Crippen LogP contribution in [0.4, 0.5) is 0 Å². The van der Waals surface area contributed by atoms with E-state index in [4.69, 9.17) is 0 Å².